The third-order valence-electron chi connectivity index (χ3n) is 5.64. The lowest BCUT2D eigenvalue weighted by Gasteiger charge is -2.15. The summed E-state index contributed by atoms with van der Waals surface area (Å²) >= 11 is 0. The topological polar surface area (TPSA) is 83.6 Å². The van der Waals surface area contributed by atoms with Crippen molar-refractivity contribution in [1.29, 1.82) is 5.26 Å². The second kappa shape index (κ2) is 8.46. The largest absolute Gasteiger partial charge is 0.356 e. The Morgan fingerprint density at radius 1 is 1.23 bits per heavy atom. The molecule has 2 aromatic carbocycles. The first-order valence-corrected chi connectivity index (χ1v) is 10.1. The van der Waals surface area contributed by atoms with E-state index in [1.807, 2.05) is 17.7 Å². The Morgan fingerprint density at radius 3 is 2.70 bits per heavy atom. The van der Waals surface area contributed by atoms with Crippen molar-refractivity contribution < 1.29 is 9.18 Å². The number of rotatable bonds is 5. The van der Waals surface area contributed by atoms with E-state index in [1.54, 1.807) is 36.5 Å². The van der Waals surface area contributed by atoms with Gasteiger partial charge in [0, 0.05) is 23.6 Å². The van der Waals surface area contributed by atoms with E-state index >= 15 is 0 Å². The quantitative estimate of drug-likeness (QED) is 0.695. The number of aromatic nitrogens is 3. The highest BCUT2D eigenvalue weighted by molar-refractivity contribution is 5.79. The second-order valence-corrected chi connectivity index (χ2v) is 7.51. The highest BCUT2D eigenvalue weighted by Gasteiger charge is 2.32. The summed E-state index contributed by atoms with van der Waals surface area (Å²) in [6.45, 7) is 2.54. The zero-order valence-corrected chi connectivity index (χ0v) is 16.7. The van der Waals surface area contributed by atoms with E-state index in [-0.39, 0.29) is 23.7 Å². The molecular weight excluding hydrogens is 381 g/mol. The van der Waals surface area contributed by atoms with Crippen LogP contribution in [0.2, 0.25) is 0 Å². The summed E-state index contributed by atoms with van der Waals surface area (Å²) in [5.41, 5.74) is 3.15. The van der Waals surface area contributed by atoms with E-state index in [1.165, 1.54) is 6.07 Å². The van der Waals surface area contributed by atoms with Gasteiger partial charge in [-0.05, 0) is 49.9 Å². The fourth-order valence-corrected chi connectivity index (χ4v) is 4.09. The van der Waals surface area contributed by atoms with Crippen LogP contribution in [0.25, 0.3) is 22.4 Å². The molecule has 7 heteroatoms. The molecule has 1 aromatic heterocycles. The molecule has 1 heterocycles. The summed E-state index contributed by atoms with van der Waals surface area (Å²) in [7, 11) is 0. The molecule has 30 heavy (non-hydrogen) atoms. The zero-order chi connectivity index (χ0) is 21.1. The minimum absolute atomic E-state index is 0.0255. The summed E-state index contributed by atoms with van der Waals surface area (Å²) in [4.78, 5) is 12.1. The molecule has 1 aliphatic rings. The minimum atomic E-state index is -0.350. The van der Waals surface area contributed by atoms with Gasteiger partial charge >= 0.3 is 0 Å². The molecule has 3 aromatic rings. The Labute approximate surface area is 174 Å². The number of nitrogens with one attached hydrogen (secondary N) is 1. The van der Waals surface area contributed by atoms with Gasteiger partial charge in [0.15, 0.2) is 0 Å². The van der Waals surface area contributed by atoms with Crippen molar-refractivity contribution in [1.82, 2.24) is 20.3 Å². The van der Waals surface area contributed by atoms with Gasteiger partial charge in [-0.25, -0.2) is 9.07 Å². The first-order valence-electron chi connectivity index (χ1n) is 10.1. The van der Waals surface area contributed by atoms with Crippen molar-refractivity contribution in [2.24, 2.45) is 5.92 Å². The highest BCUT2D eigenvalue weighted by atomic mass is 19.1. The lowest BCUT2D eigenvalue weighted by molar-refractivity contribution is -0.124. The van der Waals surface area contributed by atoms with Crippen LogP contribution in [0.4, 0.5) is 4.39 Å². The van der Waals surface area contributed by atoms with Crippen LogP contribution in [0.1, 0.15) is 37.8 Å². The molecule has 2 atom stereocenters. The molecule has 0 aliphatic heterocycles. The van der Waals surface area contributed by atoms with Gasteiger partial charge in [0.05, 0.1) is 29.6 Å². The average molecular weight is 403 g/mol. The van der Waals surface area contributed by atoms with Crippen LogP contribution in [0.15, 0.2) is 48.7 Å². The van der Waals surface area contributed by atoms with Gasteiger partial charge in [-0.3, -0.25) is 4.79 Å². The number of hydrogen-bond donors (Lipinski definition) is 1. The minimum Gasteiger partial charge on any atom is -0.356 e. The number of benzene rings is 2. The smallest absolute Gasteiger partial charge is 0.223 e. The van der Waals surface area contributed by atoms with Crippen molar-refractivity contribution in [3.63, 3.8) is 0 Å². The van der Waals surface area contributed by atoms with Crippen molar-refractivity contribution in [2.75, 3.05) is 6.54 Å². The molecule has 0 spiro atoms. The molecule has 1 aliphatic carbocycles. The molecule has 0 saturated heterocycles. The normalized spacial score (nSPS) is 18.2. The van der Waals surface area contributed by atoms with E-state index < -0.39 is 0 Å². The summed E-state index contributed by atoms with van der Waals surface area (Å²) in [5, 5.41) is 20.1. The second-order valence-electron chi connectivity index (χ2n) is 7.51. The van der Waals surface area contributed by atoms with Crippen LogP contribution < -0.4 is 5.32 Å². The lowest BCUT2D eigenvalue weighted by Crippen LogP contribution is -2.29. The SMILES string of the molecule is CCNC(=O)[C@H]1CC[C@@H](n2nncc2-c2ccc(-c3ccc(C#N)cc3)c(F)c2)C1. The van der Waals surface area contributed by atoms with Gasteiger partial charge in [0.2, 0.25) is 5.91 Å². The number of nitrogens with zero attached hydrogens (tertiary/aromatic N) is 4. The summed E-state index contributed by atoms with van der Waals surface area (Å²) < 4.78 is 16.7. The number of amides is 1. The predicted molar refractivity (Wildman–Crippen MR) is 111 cm³/mol. The summed E-state index contributed by atoms with van der Waals surface area (Å²) in [6, 6.07) is 14.0. The zero-order valence-electron chi connectivity index (χ0n) is 16.7. The number of nitriles is 1. The van der Waals surface area contributed by atoms with Gasteiger partial charge in [0.25, 0.3) is 0 Å². The van der Waals surface area contributed by atoms with Crippen molar-refractivity contribution in [3.8, 4) is 28.5 Å². The molecule has 1 saturated carbocycles. The number of hydrogen-bond acceptors (Lipinski definition) is 4. The van der Waals surface area contributed by atoms with Crippen LogP contribution in [0, 0.1) is 23.1 Å². The molecule has 0 bridgehead atoms. The molecule has 6 nitrogen and oxygen atoms in total. The molecule has 152 valence electrons. The van der Waals surface area contributed by atoms with Crippen LogP contribution >= 0.6 is 0 Å². The Kier molecular flexibility index (Phi) is 5.57. The number of halogens is 1. The third-order valence-corrected chi connectivity index (χ3v) is 5.64. The van der Waals surface area contributed by atoms with E-state index in [0.717, 1.165) is 18.5 Å². The van der Waals surface area contributed by atoms with Crippen LogP contribution in [-0.2, 0) is 4.79 Å². The first-order chi connectivity index (χ1) is 14.6. The molecule has 1 amide bonds. The summed E-state index contributed by atoms with van der Waals surface area (Å²) in [5.74, 6) is -0.293. The van der Waals surface area contributed by atoms with Gasteiger partial charge in [-0.15, -0.1) is 5.10 Å². The Morgan fingerprint density at radius 2 is 2.00 bits per heavy atom. The third kappa shape index (κ3) is 3.81. The van der Waals surface area contributed by atoms with Gasteiger partial charge in [-0.2, -0.15) is 5.26 Å². The molecule has 0 radical (unpaired) electrons. The van der Waals surface area contributed by atoms with E-state index in [0.29, 0.717) is 35.2 Å². The lowest BCUT2D eigenvalue weighted by atomic mass is 10.0. The fourth-order valence-electron chi connectivity index (χ4n) is 4.09. The van der Waals surface area contributed by atoms with Crippen LogP contribution in [0.3, 0.4) is 0 Å². The maximum Gasteiger partial charge on any atom is 0.223 e. The van der Waals surface area contributed by atoms with Crippen LogP contribution in [0.5, 0.6) is 0 Å². The van der Waals surface area contributed by atoms with Crippen molar-refractivity contribution in [2.45, 2.75) is 32.2 Å². The molecule has 4 rings (SSSR count). The molecule has 1 fully saturated rings. The highest BCUT2D eigenvalue weighted by Crippen LogP contribution is 2.37. The van der Waals surface area contributed by atoms with Gasteiger partial charge in [0.1, 0.15) is 5.82 Å². The fraction of sp³-hybridized carbons (Fsp3) is 0.304. The van der Waals surface area contributed by atoms with Crippen molar-refractivity contribution >= 4 is 5.91 Å². The monoisotopic (exact) mass is 403 g/mol. The molecule has 1 N–H and O–H groups in total. The average Bonchev–Trinajstić information content (AvgIpc) is 3.43. The van der Waals surface area contributed by atoms with Gasteiger partial charge < -0.3 is 5.32 Å². The predicted octanol–water partition coefficient (Wildman–Crippen LogP) is 4.10. The standard InChI is InChI=1S/C23H22FN5O/c1-2-26-23(30)18-7-9-19(11-18)29-22(14-27-28-29)17-8-10-20(21(24)12-17)16-5-3-15(13-25)4-6-16/h3-6,8,10,12,14,18-19H,2,7,9,11H2,1H3,(H,26,30)/t18-,19+/m0/s1. The number of carbonyl (C=O) groups excluding carboxylic acids is 1. The van der Waals surface area contributed by atoms with Crippen molar-refractivity contribution in [3.05, 3.63) is 60.0 Å². The van der Waals surface area contributed by atoms with Crippen LogP contribution in [-0.4, -0.2) is 27.4 Å². The maximum atomic E-state index is 14.9. The maximum absolute atomic E-state index is 14.9. The van der Waals surface area contributed by atoms with Gasteiger partial charge in [-0.1, -0.05) is 29.5 Å². The van der Waals surface area contributed by atoms with E-state index in [2.05, 4.69) is 21.7 Å². The first kappa shape index (κ1) is 19.8. The van der Waals surface area contributed by atoms with E-state index in [9.17, 15) is 9.18 Å². The molecular formula is C23H22FN5O. The Hall–Kier alpha value is -3.53. The Bertz CT molecular complexity index is 1100. The summed E-state index contributed by atoms with van der Waals surface area (Å²) in [6.07, 6.45) is 3.98. The molecule has 0 unspecified atom stereocenters. The van der Waals surface area contributed by atoms with E-state index in [4.69, 9.17) is 5.26 Å². The Balaban J connectivity index is 1.57. The number of carbonyl (C=O) groups is 1.